The van der Waals surface area contributed by atoms with Crippen LogP contribution in [0, 0.1) is 24.7 Å². The number of carbonyl (C=O) groups excluding carboxylic acids is 6. The van der Waals surface area contributed by atoms with Crippen molar-refractivity contribution in [3.05, 3.63) is 111 Å². The highest BCUT2D eigenvalue weighted by molar-refractivity contribution is 7.15. The number of aliphatic hydroxyl groups excluding tert-OH is 1. The summed E-state index contributed by atoms with van der Waals surface area (Å²) in [5.41, 5.74) is 2.36. The zero-order valence-electron chi connectivity index (χ0n) is 54.4. The molecule has 1 aliphatic carbocycles. The van der Waals surface area contributed by atoms with E-state index in [0.717, 1.165) is 45.3 Å². The van der Waals surface area contributed by atoms with Gasteiger partial charge in [-0.05, 0) is 81.4 Å². The molecule has 1 saturated carbocycles. The number of rotatable bonds is 21. The molecular weight excluding hydrogens is 1390 g/mol. The summed E-state index contributed by atoms with van der Waals surface area (Å²) in [5, 5.41) is 60.6. The number of fused-ring (bicyclic) bond motifs is 14. The van der Waals surface area contributed by atoms with Gasteiger partial charge in [0, 0.05) is 77.8 Å². The van der Waals surface area contributed by atoms with Crippen LogP contribution >= 0.6 is 68.0 Å². The fourth-order valence-corrected chi connectivity index (χ4v) is 17.2. The standard InChI is InChI=1S/C66H72N12O15S6/c1-32(2)38-24-44(79)52-33(3)98-63(76-52)40(25-48(80)67-4)70-57(87)42-29-94-59(72-42)37-19-20-39(61-74-47(31-97-61)78(22-12-11-17-51(84)85)66(91)93-45-21-18-36(65(89)90)23-35(45)15-9-10-16-50(82)83)69-53(37)41-28-95-62(71-41)43-30-96-64(73-43)55(56(86)34-13-7-6-8-14-34)75-49(81)26-68-58(88)54-46(27-92-5)99-60(38)77-54/h6-8,13-14,19-20,28-32,35-36,38,40,45,55-56,86H,9-12,15-18,21-27H2,1-5H3,(H,67,80)(H,68,88)(H,70,87)(H,75,81)(H,82,83)(H,84,85)(H,89,90)/t35-,36?,38-,40-,45-,55-,56-/m0/s1. The summed E-state index contributed by atoms with van der Waals surface area (Å²) >= 11 is 7.03. The zero-order valence-corrected chi connectivity index (χ0v) is 59.3. The molecule has 8 aromatic rings. The Bertz CT molecular complexity index is 4260. The Morgan fingerprint density at radius 1 is 0.707 bits per heavy atom. The normalized spacial score (nSPS) is 18.7. The molecule has 0 spiro atoms. The first-order valence-corrected chi connectivity index (χ1v) is 37.0. The summed E-state index contributed by atoms with van der Waals surface area (Å²) < 4.78 is 11.7. The van der Waals surface area contributed by atoms with Crippen molar-refractivity contribution in [3.8, 4) is 43.4 Å². The van der Waals surface area contributed by atoms with Crippen LogP contribution in [0.15, 0.2) is 64.0 Å². The van der Waals surface area contributed by atoms with Crippen LogP contribution in [0.25, 0.3) is 43.4 Å². The molecule has 10 bridgehead atoms. The Kier molecular flexibility index (Phi) is 24.7. The van der Waals surface area contributed by atoms with Gasteiger partial charge in [0.2, 0.25) is 11.8 Å². The average Bonchev–Trinajstić information content (AvgIpc) is 1.69. The summed E-state index contributed by atoms with van der Waals surface area (Å²) in [5.74, 6) is -7.20. The Hall–Kier alpha value is -8.70. The van der Waals surface area contributed by atoms with E-state index in [2.05, 4.69) is 21.3 Å². The molecule has 0 radical (unpaired) electrons. The molecule has 1 aromatic carbocycles. The summed E-state index contributed by atoms with van der Waals surface area (Å²) in [6.45, 7) is 5.07. The van der Waals surface area contributed by atoms with Crippen molar-refractivity contribution in [1.29, 1.82) is 0 Å². The van der Waals surface area contributed by atoms with E-state index in [0.29, 0.717) is 87.3 Å². The molecule has 5 amide bonds. The van der Waals surface area contributed by atoms with Crippen LogP contribution in [-0.2, 0) is 40.1 Å². The van der Waals surface area contributed by atoms with Gasteiger partial charge in [-0.1, -0.05) is 50.6 Å². The van der Waals surface area contributed by atoms with E-state index in [9.17, 15) is 63.6 Å². The lowest BCUT2D eigenvalue weighted by Gasteiger charge is -2.35. The largest absolute Gasteiger partial charge is 0.481 e. The van der Waals surface area contributed by atoms with E-state index in [1.54, 1.807) is 70.9 Å². The lowest BCUT2D eigenvalue weighted by molar-refractivity contribution is -0.144. The molecule has 10 rings (SSSR count). The van der Waals surface area contributed by atoms with E-state index in [-0.39, 0.29) is 117 Å². The van der Waals surface area contributed by atoms with Crippen LogP contribution in [0.2, 0.25) is 0 Å². The number of anilines is 1. The van der Waals surface area contributed by atoms with Gasteiger partial charge in [0.05, 0.1) is 47.1 Å². The van der Waals surface area contributed by atoms with Crippen molar-refractivity contribution in [2.24, 2.45) is 17.8 Å². The maximum Gasteiger partial charge on any atom is 0.415 e. The molecule has 7 atom stereocenters. The molecule has 0 saturated heterocycles. The van der Waals surface area contributed by atoms with Crippen LogP contribution < -0.4 is 26.2 Å². The summed E-state index contributed by atoms with van der Waals surface area (Å²) in [6.07, 6.45) is -0.821. The third-order valence-corrected chi connectivity index (χ3v) is 22.6. The second-order valence-corrected chi connectivity index (χ2v) is 29.9. The monoisotopic (exact) mass is 1460 g/mol. The Balaban J connectivity index is 1.03. The number of hydrogen-bond donors (Lipinski definition) is 8. The Labute approximate surface area is 592 Å². The maximum atomic E-state index is 14.5. The number of carbonyl (C=O) groups is 9. The van der Waals surface area contributed by atoms with Gasteiger partial charge < -0.3 is 51.2 Å². The van der Waals surface area contributed by atoms with E-state index in [1.807, 2.05) is 13.8 Å². The van der Waals surface area contributed by atoms with Crippen molar-refractivity contribution in [2.75, 3.05) is 32.1 Å². The van der Waals surface area contributed by atoms with E-state index >= 15 is 0 Å². The Morgan fingerprint density at radius 3 is 2.13 bits per heavy atom. The van der Waals surface area contributed by atoms with E-state index in [1.165, 1.54) is 41.7 Å². The maximum absolute atomic E-state index is 14.5. The molecule has 1 aliphatic heterocycles. The fraction of sp³-hybridized carbons (Fsp3) is 0.424. The van der Waals surface area contributed by atoms with Crippen LogP contribution in [0.4, 0.5) is 10.6 Å². The van der Waals surface area contributed by atoms with Gasteiger partial charge in [0.1, 0.15) is 83.3 Å². The van der Waals surface area contributed by atoms with Crippen molar-refractivity contribution in [3.63, 3.8) is 0 Å². The van der Waals surface area contributed by atoms with Crippen LogP contribution in [-0.4, -0.2) is 142 Å². The minimum absolute atomic E-state index is 0.00407. The van der Waals surface area contributed by atoms with Gasteiger partial charge in [0.15, 0.2) is 5.78 Å². The number of hydrogen-bond acceptors (Lipinski definition) is 25. The number of methoxy groups -OCH3 is 1. The zero-order chi connectivity index (χ0) is 70.6. The van der Waals surface area contributed by atoms with Crippen molar-refractivity contribution in [2.45, 2.75) is 135 Å². The van der Waals surface area contributed by atoms with E-state index in [4.69, 9.17) is 44.4 Å². The quantitative estimate of drug-likeness (QED) is 0.0310. The van der Waals surface area contributed by atoms with Gasteiger partial charge >= 0.3 is 24.0 Å². The number of nitrogens with one attached hydrogen (secondary N) is 4. The van der Waals surface area contributed by atoms with Gasteiger partial charge in [-0.2, -0.15) is 0 Å². The second kappa shape index (κ2) is 33.4. The minimum Gasteiger partial charge on any atom is -0.481 e. The number of Topliss-reactive ketones (excluding diaryl/α,β-unsaturated/α-hetero) is 1. The topological polar surface area (TPSA) is 395 Å². The fourth-order valence-electron chi connectivity index (χ4n) is 11.6. The number of ether oxygens (including phenoxy) is 2. The molecule has 2 aliphatic rings. The molecule has 27 nitrogen and oxygen atoms in total. The number of nitrogens with zero attached hydrogens (tertiary/aromatic N) is 8. The SMILES string of the molecule is CNC(=O)C[C@@H]1NC(=O)c2csc(n2)-c2ccc(-c3nc(N(CCCCC(=O)O)C(=O)O[C@H]4CCC(C(=O)O)C[C@@H]4CCCCC(=O)O)cs3)nc2-c2csc(n2)-c2csc(n2)[C@H]([C@@H](O)c2ccccc2)NC(=O)CNC(=O)c2nc(sc2COC)[C@H](C(C)C)CC(=O)c2nc1sc2C. The lowest BCUT2D eigenvalue weighted by Crippen LogP contribution is -2.41. The van der Waals surface area contributed by atoms with Gasteiger partial charge in [-0.3, -0.25) is 43.3 Å². The number of benzene rings is 1. The number of unbranched alkanes of at least 4 members (excludes halogenated alkanes) is 2. The number of aliphatic hydroxyl groups is 1. The number of ketones is 1. The predicted octanol–water partition coefficient (Wildman–Crippen LogP) is 10.9. The van der Waals surface area contributed by atoms with Crippen molar-refractivity contribution < 1.29 is 73.1 Å². The number of aromatic nitrogens is 7. The van der Waals surface area contributed by atoms with Gasteiger partial charge in [-0.15, -0.1) is 68.0 Å². The first-order valence-electron chi connectivity index (χ1n) is 31.9. The number of amides is 5. The van der Waals surface area contributed by atoms with Crippen molar-refractivity contribution >= 4 is 127 Å². The average molecular weight is 1470 g/mol. The number of aliphatic carboxylic acids is 3. The van der Waals surface area contributed by atoms with Gasteiger partial charge in [-0.25, -0.2) is 39.7 Å². The van der Waals surface area contributed by atoms with Crippen LogP contribution in [0.3, 0.4) is 0 Å². The molecule has 33 heteroatoms. The van der Waals surface area contributed by atoms with Crippen LogP contribution in [0.5, 0.6) is 0 Å². The highest BCUT2D eigenvalue weighted by Crippen LogP contribution is 2.42. The molecular formula is C66H72N12O15S6. The number of pyridine rings is 1. The van der Waals surface area contributed by atoms with Crippen LogP contribution in [0.1, 0.15) is 177 Å². The second-order valence-electron chi connectivity index (χ2n) is 24.1. The first kappa shape index (κ1) is 73.0. The molecule has 8 N–H and O–H groups in total. The van der Waals surface area contributed by atoms with Crippen molar-refractivity contribution in [1.82, 2.24) is 56.2 Å². The summed E-state index contributed by atoms with van der Waals surface area (Å²) in [6, 6.07) is 9.97. The number of carboxylic acids is 3. The van der Waals surface area contributed by atoms with Gasteiger partial charge in [0.25, 0.3) is 11.8 Å². The molecule has 1 fully saturated rings. The molecule has 8 heterocycles. The molecule has 1 unspecified atom stereocenters. The molecule has 522 valence electrons. The Morgan fingerprint density at radius 2 is 1.40 bits per heavy atom. The number of carboxylic acid groups (broad SMARTS) is 3. The smallest absolute Gasteiger partial charge is 0.415 e. The minimum atomic E-state index is -1.32. The summed E-state index contributed by atoms with van der Waals surface area (Å²) in [7, 11) is 2.93. The number of aryl methyl sites for hydroxylation is 1. The predicted molar refractivity (Wildman–Crippen MR) is 372 cm³/mol. The third kappa shape index (κ3) is 18.2. The van der Waals surface area contributed by atoms with E-state index < -0.39 is 90.3 Å². The lowest BCUT2D eigenvalue weighted by atomic mass is 9.77. The molecule has 7 aromatic heterocycles. The number of thiazole rings is 6. The third-order valence-electron chi connectivity index (χ3n) is 16.8. The first-order chi connectivity index (χ1) is 47.5. The summed E-state index contributed by atoms with van der Waals surface area (Å²) in [4.78, 5) is 156. The molecule has 99 heavy (non-hydrogen) atoms. The highest BCUT2D eigenvalue weighted by atomic mass is 32.1. The highest BCUT2D eigenvalue weighted by Gasteiger charge is 2.38.